The van der Waals surface area contributed by atoms with E-state index in [1.165, 1.54) is 0 Å². The minimum atomic E-state index is -0.744. The van der Waals surface area contributed by atoms with Crippen molar-refractivity contribution in [3.05, 3.63) is 83.9 Å². The molecular formula is C33H41N3O4. The summed E-state index contributed by atoms with van der Waals surface area (Å²) in [5.74, 6) is -0.807. The molecule has 4 rings (SSSR count). The lowest BCUT2D eigenvalue weighted by Crippen LogP contribution is -2.54. The molecule has 3 atom stereocenters. The zero-order valence-corrected chi connectivity index (χ0v) is 24.0. The predicted molar refractivity (Wildman–Crippen MR) is 158 cm³/mol. The Morgan fingerprint density at radius 2 is 1.57 bits per heavy atom. The second-order valence-corrected chi connectivity index (χ2v) is 11.8. The molecule has 0 spiro atoms. The normalized spacial score (nSPS) is 18.0. The average molecular weight is 544 g/mol. The van der Waals surface area contributed by atoms with Gasteiger partial charge in [0.05, 0.1) is 5.92 Å². The minimum Gasteiger partial charge on any atom is -0.444 e. The molecule has 0 heterocycles. The Morgan fingerprint density at radius 1 is 0.900 bits per heavy atom. The molecule has 1 saturated carbocycles. The van der Waals surface area contributed by atoms with Gasteiger partial charge in [0, 0.05) is 26.1 Å². The second-order valence-electron chi connectivity index (χ2n) is 11.8. The van der Waals surface area contributed by atoms with E-state index in [2.05, 4.69) is 22.8 Å². The highest BCUT2D eigenvalue weighted by molar-refractivity contribution is 5.89. The number of carbonyl (C=O) groups excluding carboxylic acids is 3. The maximum atomic E-state index is 13.8. The smallest absolute Gasteiger partial charge is 0.407 e. The van der Waals surface area contributed by atoms with Crippen LogP contribution in [0.4, 0.5) is 4.79 Å². The lowest BCUT2D eigenvalue weighted by molar-refractivity contribution is -0.137. The Kier molecular flexibility index (Phi) is 9.46. The first kappa shape index (κ1) is 29.1. The number of carbonyl (C=O) groups is 3. The highest BCUT2D eigenvalue weighted by Crippen LogP contribution is 2.26. The lowest BCUT2D eigenvalue weighted by Gasteiger charge is -2.33. The number of benzene rings is 3. The Hall–Kier alpha value is -3.87. The van der Waals surface area contributed by atoms with Gasteiger partial charge in [-0.1, -0.05) is 85.6 Å². The van der Waals surface area contributed by atoms with E-state index in [0.29, 0.717) is 25.8 Å². The van der Waals surface area contributed by atoms with Gasteiger partial charge in [-0.25, -0.2) is 4.79 Å². The third kappa shape index (κ3) is 8.07. The summed E-state index contributed by atoms with van der Waals surface area (Å²) in [6.45, 7) is 5.88. The fraction of sp³-hybridized carbons (Fsp3) is 0.424. The van der Waals surface area contributed by atoms with Gasteiger partial charge in [0.25, 0.3) is 0 Å². The maximum absolute atomic E-state index is 13.8. The van der Waals surface area contributed by atoms with Gasteiger partial charge in [-0.15, -0.1) is 0 Å². The summed E-state index contributed by atoms with van der Waals surface area (Å²) in [5, 5.41) is 8.21. The number of ether oxygens (including phenoxy) is 1. The fourth-order valence-corrected chi connectivity index (χ4v) is 5.36. The molecule has 7 nitrogen and oxygen atoms in total. The van der Waals surface area contributed by atoms with E-state index >= 15 is 0 Å². The molecule has 2 N–H and O–H groups in total. The second kappa shape index (κ2) is 13.0. The Labute approximate surface area is 237 Å². The molecule has 2 unspecified atom stereocenters. The van der Waals surface area contributed by atoms with Crippen LogP contribution < -0.4 is 10.6 Å². The molecule has 0 radical (unpaired) electrons. The zero-order valence-electron chi connectivity index (χ0n) is 24.0. The molecular weight excluding hydrogens is 502 g/mol. The monoisotopic (exact) mass is 543 g/mol. The van der Waals surface area contributed by atoms with E-state index in [4.69, 9.17) is 4.74 Å². The van der Waals surface area contributed by atoms with Crippen molar-refractivity contribution < 1.29 is 19.1 Å². The van der Waals surface area contributed by atoms with Gasteiger partial charge in [0.1, 0.15) is 11.6 Å². The molecule has 1 aliphatic rings. The molecule has 3 amide bonds. The number of hydrogen-bond donors (Lipinski definition) is 2. The molecule has 1 aliphatic carbocycles. The van der Waals surface area contributed by atoms with E-state index in [0.717, 1.165) is 34.7 Å². The number of likely N-dealkylation sites (N-methyl/N-ethyl adjacent to an activating group) is 1. The van der Waals surface area contributed by atoms with Crippen molar-refractivity contribution in [3.63, 3.8) is 0 Å². The summed E-state index contributed by atoms with van der Waals surface area (Å²) < 4.78 is 5.45. The largest absolute Gasteiger partial charge is 0.444 e. The van der Waals surface area contributed by atoms with E-state index in [1.54, 1.807) is 11.9 Å². The number of amides is 3. The van der Waals surface area contributed by atoms with Crippen LogP contribution in [0.15, 0.2) is 72.8 Å². The molecule has 40 heavy (non-hydrogen) atoms. The van der Waals surface area contributed by atoms with Crippen molar-refractivity contribution in [2.75, 3.05) is 7.05 Å². The van der Waals surface area contributed by atoms with E-state index in [9.17, 15) is 14.4 Å². The minimum absolute atomic E-state index is 0.155. The maximum Gasteiger partial charge on any atom is 0.407 e. The van der Waals surface area contributed by atoms with Gasteiger partial charge in [-0.2, -0.15) is 0 Å². The molecule has 0 bridgehead atoms. The van der Waals surface area contributed by atoms with Crippen molar-refractivity contribution in [1.82, 2.24) is 15.5 Å². The number of rotatable bonds is 8. The van der Waals surface area contributed by atoms with E-state index < -0.39 is 23.7 Å². The summed E-state index contributed by atoms with van der Waals surface area (Å²) in [5.41, 5.74) is 1.36. The number of alkyl carbamates (subject to hydrolysis) is 1. The first-order valence-corrected chi connectivity index (χ1v) is 14.2. The third-order valence-electron chi connectivity index (χ3n) is 7.31. The summed E-state index contributed by atoms with van der Waals surface area (Å²) in [6.07, 6.45) is 2.98. The van der Waals surface area contributed by atoms with Crippen molar-refractivity contribution in [2.24, 2.45) is 5.92 Å². The van der Waals surface area contributed by atoms with E-state index in [-0.39, 0.29) is 17.9 Å². The molecule has 1 fully saturated rings. The highest BCUT2D eigenvalue weighted by Gasteiger charge is 2.35. The van der Waals surface area contributed by atoms with Crippen LogP contribution in [0.25, 0.3) is 10.8 Å². The SMILES string of the molecule is CN(Cc1ccccc1)C(=O)[C@H](Cc1ccc2ccccc2c1)NC(=O)C1CCCCC1NC(=O)OC(C)(C)C. The fourth-order valence-electron chi connectivity index (χ4n) is 5.36. The Bertz CT molecular complexity index is 1320. The van der Waals surface area contributed by atoms with Crippen LogP contribution in [0.5, 0.6) is 0 Å². The average Bonchev–Trinajstić information content (AvgIpc) is 2.92. The first-order chi connectivity index (χ1) is 19.1. The van der Waals surface area contributed by atoms with Gasteiger partial charge < -0.3 is 20.3 Å². The molecule has 0 aromatic heterocycles. The van der Waals surface area contributed by atoms with Gasteiger partial charge in [-0.05, 0) is 55.5 Å². The predicted octanol–water partition coefficient (Wildman–Crippen LogP) is 5.61. The third-order valence-corrected chi connectivity index (χ3v) is 7.31. The summed E-state index contributed by atoms with van der Waals surface area (Å²) >= 11 is 0. The Morgan fingerprint density at radius 3 is 2.30 bits per heavy atom. The first-order valence-electron chi connectivity index (χ1n) is 14.2. The molecule has 0 aliphatic heterocycles. The topological polar surface area (TPSA) is 87.7 Å². The van der Waals surface area contributed by atoms with Gasteiger partial charge in [0.2, 0.25) is 11.8 Å². The van der Waals surface area contributed by atoms with E-state index in [1.807, 2.05) is 81.4 Å². The molecule has 0 saturated heterocycles. The van der Waals surface area contributed by atoms with Crippen LogP contribution in [0.3, 0.4) is 0 Å². The standard InChI is InChI=1S/C33H41N3O4/c1-33(2,3)40-32(39)35-28-17-11-10-16-27(28)30(37)34-29(31(38)36(4)22-23-12-6-5-7-13-23)21-24-18-19-25-14-8-9-15-26(25)20-24/h5-9,12-15,18-20,27-29H,10-11,16-17,21-22H2,1-4H3,(H,34,37)(H,35,39)/t27?,28?,29-/m0/s1. The summed E-state index contributed by atoms with van der Waals surface area (Å²) in [6, 6.07) is 22.9. The van der Waals surface area contributed by atoms with Crippen LogP contribution in [0, 0.1) is 5.92 Å². The molecule has 3 aromatic carbocycles. The van der Waals surface area contributed by atoms with Crippen LogP contribution in [-0.4, -0.2) is 47.5 Å². The quantitative estimate of drug-likeness (QED) is 0.387. The number of nitrogens with zero attached hydrogens (tertiary/aromatic N) is 1. The number of fused-ring (bicyclic) bond motifs is 1. The molecule has 7 heteroatoms. The Balaban J connectivity index is 1.53. The van der Waals surface area contributed by atoms with Gasteiger partial charge in [-0.3, -0.25) is 9.59 Å². The summed E-state index contributed by atoms with van der Waals surface area (Å²) in [7, 11) is 1.77. The van der Waals surface area contributed by atoms with Crippen molar-refractivity contribution in [1.29, 1.82) is 0 Å². The zero-order chi connectivity index (χ0) is 28.7. The number of hydrogen-bond acceptors (Lipinski definition) is 4. The van der Waals surface area contributed by atoms with Crippen molar-refractivity contribution >= 4 is 28.7 Å². The van der Waals surface area contributed by atoms with Crippen LogP contribution in [0.2, 0.25) is 0 Å². The molecule has 212 valence electrons. The van der Waals surface area contributed by atoms with Crippen LogP contribution >= 0.6 is 0 Å². The van der Waals surface area contributed by atoms with Crippen LogP contribution in [0.1, 0.15) is 57.6 Å². The molecule has 3 aromatic rings. The van der Waals surface area contributed by atoms with Crippen molar-refractivity contribution in [3.8, 4) is 0 Å². The van der Waals surface area contributed by atoms with Gasteiger partial charge >= 0.3 is 6.09 Å². The van der Waals surface area contributed by atoms with Gasteiger partial charge in [0.15, 0.2) is 0 Å². The lowest BCUT2D eigenvalue weighted by atomic mass is 9.83. The number of nitrogens with one attached hydrogen (secondary N) is 2. The van der Waals surface area contributed by atoms with Crippen molar-refractivity contribution in [2.45, 2.75) is 77.1 Å². The van der Waals surface area contributed by atoms with Crippen LogP contribution in [-0.2, 0) is 27.3 Å². The highest BCUT2D eigenvalue weighted by atomic mass is 16.6. The summed E-state index contributed by atoms with van der Waals surface area (Å²) in [4.78, 5) is 41.6.